The van der Waals surface area contributed by atoms with E-state index in [2.05, 4.69) is 0 Å². The summed E-state index contributed by atoms with van der Waals surface area (Å²) in [6, 6.07) is 5.68. The highest BCUT2D eigenvalue weighted by Gasteiger charge is 2.31. The summed E-state index contributed by atoms with van der Waals surface area (Å²) < 4.78 is 5.40. The summed E-state index contributed by atoms with van der Waals surface area (Å²) in [7, 11) is 0. The number of amides is 1. The van der Waals surface area contributed by atoms with E-state index in [9.17, 15) is 4.79 Å². The van der Waals surface area contributed by atoms with E-state index in [4.69, 9.17) is 15.9 Å². The van der Waals surface area contributed by atoms with Crippen LogP contribution in [-0.2, 0) is 4.74 Å². The number of nitrogens with one attached hydrogen (secondary N) is 1. The lowest BCUT2D eigenvalue weighted by atomic mass is 9.93. The Morgan fingerprint density at radius 3 is 2.81 bits per heavy atom. The third kappa shape index (κ3) is 3.54. The van der Waals surface area contributed by atoms with Gasteiger partial charge in [-0.1, -0.05) is 12.1 Å². The van der Waals surface area contributed by atoms with Crippen molar-refractivity contribution in [1.82, 2.24) is 4.90 Å². The minimum absolute atomic E-state index is 0.206. The van der Waals surface area contributed by atoms with Crippen LogP contribution in [0.5, 0.6) is 0 Å². The van der Waals surface area contributed by atoms with E-state index in [0.29, 0.717) is 18.8 Å². The number of carbonyl (C=O) groups excluding carboxylic acids is 1. The van der Waals surface area contributed by atoms with Gasteiger partial charge in [0.1, 0.15) is 5.60 Å². The summed E-state index contributed by atoms with van der Waals surface area (Å²) in [4.78, 5) is 13.8. The molecule has 3 N–H and O–H groups in total. The number of anilines is 1. The molecular formula is C16H23N3O2. The minimum atomic E-state index is -0.480. The van der Waals surface area contributed by atoms with E-state index in [-0.39, 0.29) is 12.0 Å². The van der Waals surface area contributed by atoms with Crippen LogP contribution in [0.25, 0.3) is 0 Å². The van der Waals surface area contributed by atoms with Crippen LogP contribution in [0.3, 0.4) is 0 Å². The first-order chi connectivity index (χ1) is 9.81. The summed E-state index contributed by atoms with van der Waals surface area (Å²) >= 11 is 0. The second kappa shape index (κ2) is 5.76. The Labute approximate surface area is 125 Å². The van der Waals surface area contributed by atoms with Gasteiger partial charge < -0.3 is 20.8 Å². The Bertz CT molecular complexity index is 549. The van der Waals surface area contributed by atoms with Crippen LogP contribution >= 0.6 is 0 Å². The lowest BCUT2D eigenvalue weighted by Crippen LogP contribution is -2.35. The number of benzene rings is 1. The molecule has 1 aromatic rings. The molecule has 1 fully saturated rings. The molecule has 5 nitrogen and oxygen atoms in total. The van der Waals surface area contributed by atoms with Gasteiger partial charge >= 0.3 is 6.09 Å². The number of nitrogens with two attached hydrogens (primary N) is 1. The first-order valence-electron chi connectivity index (χ1n) is 7.18. The molecule has 0 bridgehead atoms. The number of carbonyl (C=O) groups is 1. The average molecular weight is 289 g/mol. The normalized spacial score (nSPS) is 18.6. The third-order valence-electron chi connectivity index (χ3n) is 3.60. The summed E-state index contributed by atoms with van der Waals surface area (Å²) in [5, 5.41) is 7.53. The number of hydrogen-bond acceptors (Lipinski definition) is 4. The molecule has 0 radical (unpaired) electrons. The average Bonchev–Trinajstić information content (AvgIpc) is 2.86. The van der Waals surface area contributed by atoms with Crippen molar-refractivity contribution in [2.45, 2.75) is 38.7 Å². The molecule has 0 saturated carbocycles. The largest absolute Gasteiger partial charge is 0.444 e. The van der Waals surface area contributed by atoms with E-state index < -0.39 is 5.60 Å². The molecule has 1 atom stereocenters. The minimum Gasteiger partial charge on any atom is -0.444 e. The Hall–Kier alpha value is -2.04. The fourth-order valence-corrected chi connectivity index (χ4v) is 2.63. The number of nitrogens with zero attached hydrogens (tertiary/aromatic N) is 1. The number of rotatable bonds is 2. The number of likely N-dealkylation sites (tertiary alicyclic amines) is 1. The molecule has 21 heavy (non-hydrogen) atoms. The smallest absolute Gasteiger partial charge is 0.410 e. The van der Waals surface area contributed by atoms with E-state index in [1.54, 1.807) is 11.0 Å². The second-order valence-corrected chi connectivity index (χ2v) is 6.41. The van der Waals surface area contributed by atoms with Crippen molar-refractivity contribution in [1.29, 1.82) is 5.41 Å². The van der Waals surface area contributed by atoms with Crippen LogP contribution in [0.15, 0.2) is 18.2 Å². The van der Waals surface area contributed by atoms with Crippen LogP contribution in [0.4, 0.5) is 10.5 Å². The topological polar surface area (TPSA) is 79.4 Å². The second-order valence-electron chi connectivity index (χ2n) is 6.41. The first-order valence-corrected chi connectivity index (χ1v) is 7.18. The summed E-state index contributed by atoms with van der Waals surface area (Å²) in [6.45, 7) is 6.88. The van der Waals surface area contributed by atoms with Gasteiger partial charge in [-0.15, -0.1) is 0 Å². The van der Waals surface area contributed by atoms with Gasteiger partial charge in [-0.25, -0.2) is 4.79 Å². The molecule has 1 aromatic carbocycles. The van der Waals surface area contributed by atoms with E-state index in [0.717, 1.165) is 17.5 Å². The molecule has 0 aromatic heterocycles. The standard InChI is InChI=1S/C16H23N3O2/c1-16(2,3)21-15(20)19-8-7-11(10-19)12-5-4-6-14(18)13(12)9-17/h4-6,9,11,17H,7-8,10,18H2,1-3H3. The Morgan fingerprint density at radius 1 is 1.48 bits per heavy atom. The van der Waals surface area contributed by atoms with Crippen molar-refractivity contribution in [3.05, 3.63) is 29.3 Å². The van der Waals surface area contributed by atoms with Gasteiger partial charge in [0.05, 0.1) is 0 Å². The van der Waals surface area contributed by atoms with E-state index in [1.165, 1.54) is 6.21 Å². The maximum absolute atomic E-state index is 12.1. The summed E-state index contributed by atoms with van der Waals surface area (Å²) in [5.41, 5.74) is 7.85. The maximum Gasteiger partial charge on any atom is 0.410 e. The molecule has 1 aliphatic rings. The van der Waals surface area contributed by atoms with Gasteiger partial charge in [0, 0.05) is 36.5 Å². The maximum atomic E-state index is 12.1. The van der Waals surface area contributed by atoms with Gasteiger partial charge in [0.25, 0.3) is 0 Å². The van der Waals surface area contributed by atoms with Gasteiger partial charge in [0.2, 0.25) is 0 Å². The zero-order valence-corrected chi connectivity index (χ0v) is 12.8. The molecule has 2 rings (SSSR count). The monoisotopic (exact) mass is 289 g/mol. The fourth-order valence-electron chi connectivity index (χ4n) is 2.63. The zero-order valence-electron chi connectivity index (χ0n) is 12.8. The zero-order chi connectivity index (χ0) is 15.6. The molecular weight excluding hydrogens is 266 g/mol. The molecule has 1 saturated heterocycles. The SMILES string of the molecule is CC(C)(C)OC(=O)N1CCC(c2cccc(N)c2C=N)C1. The van der Waals surface area contributed by atoms with Crippen molar-refractivity contribution < 1.29 is 9.53 Å². The van der Waals surface area contributed by atoms with Crippen LogP contribution in [0.2, 0.25) is 0 Å². The van der Waals surface area contributed by atoms with Crippen molar-refractivity contribution >= 4 is 18.0 Å². The van der Waals surface area contributed by atoms with Crippen LogP contribution in [0.1, 0.15) is 44.2 Å². The van der Waals surface area contributed by atoms with E-state index >= 15 is 0 Å². The van der Waals surface area contributed by atoms with Crippen molar-refractivity contribution in [2.75, 3.05) is 18.8 Å². The number of nitrogen functional groups attached to an aromatic ring is 1. The molecule has 0 aliphatic carbocycles. The highest BCUT2D eigenvalue weighted by atomic mass is 16.6. The first kappa shape index (κ1) is 15.4. The van der Waals surface area contributed by atoms with Crippen molar-refractivity contribution in [2.24, 2.45) is 0 Å². The Kier molecular flexibility index (Phi) is 4.21. The molecule has 114 valence electrons. The van der Waals surface area contributed by atoms with Gasteiger partial charge in [0.15, 0.2) is 0 Å². The predicted molar refractivity (Wildman–Crippen MR) is 83.9 cm³/mol. The lowest BCUT2D eigenvalue weighted by molar-refractivity contribution is 0.0292. The van der Waals surface area contributed by atoms with Crippen LogP contribution < -0.4 is 5.73 Å². The highest BCUT2D eigenvalue weighted by Crippen LogP contribution is 2.31. The molecule has 5 heteroatoms. The van der Waals surface area contributed by atoms with Crippen LogP contribution in [0, 0.1) is 5.41 Å². The lowest BCUT2D eigenvalue weighted by Gasteiger charge is -2.24. The van der Waals surface area contributed by atoms with Gasteiger partial charge in [-0.05, 0) is 38.8 Å². The van der Waals surface area contributed by atoms with Crippen molar-refractivity contribution in [3.63, 3.8) is 0 Å². The molecule has 1 heterocycles. The van der Waals surface area contributed by atoms with Crippen LogP contribution in [-0.4, -0.2) is 35.9 Å². The molecule has 1 amide bonds. The Balaban J connectivity index is 2.11. The Morgan fingerprint density at radius 2 is 2.19 bits per heavy atom. The van der Waals surface area contributed by atoms with Gasteiger partial charge in [-0.3, -0.25) is 0 Å². The summed E-state index contributed by atoms with van der Waals surface area (Å²) in [5.74, 6) is 0.206. The quantitative estimate of drug-likeness (QED) is 0.649. The number of hydrogen-bond donors (Lipinski definition) is 2. The molecule has 1 unspecified atom stereocenters. The van der Waals surface area contributed by atoms with Gasteiger partial charge in [-0.2, -0.15) is 0 Å². The molecule has 1 aliphatic heterocycles. The number of ether oxygens (including phenoxy) is 1. The summed E-state index contributed by atoms with van der Waals surface area (Å²) in [6.07, 6.45) is 1.88. The predicted octanol–water partition coefficient (Wildman–Crippen LogP) is 2.99. The van der Waals surface area contributed by atoms with E-state index in [1.807, 2.05) is 32.9 Å². The third-order valence-corrected chi connectivity index (χ3v) is 3.60. The van der Waals surface area contributed by atoms with Crippen molar-refractivity contribution in [3.8, 4) is 0 Å². The fraction of sp³-hybridized carbons (Fsp3) is 0.500. The molecule has 0 spiro atoms. The highest BCUT2D eigenvalue weighted by molar-refractivity contribution is 5.87.